The first-order valence-electron chi connectivity index (χ1n) is 11.3. The number of hydrogen-bond acceptors (Lipinski definition) is 9. The van der Waals surface area contributed by atoms with Gasteiger partial charge in [0.2, 0.25) is 0 Å². The zero-order valence-corrected chi connectivity index (χ0v) is 18.7. The van der Waals surface area contributed by atoms with Crippen LogP contribution < -0.4 is 0 Å². The van der Waals surface area contributed by atoms with Gasteiger partial charge in [0.15, 0.2) is 0 Å². The molecule has 6 N–H and O–H groups in total. The van der Waals surface area contributed by atoms with E-state index in [2.05, 4.69) is 0 Å². The van der Waals surface area contributed by atoms with Gasteiger partial charge >= 0.3 is 47.8 Å². The van der Waals surface area contributed by atoms with Crippen LogP contribution in [0.4, 0.5) is 0 Å². The Kier molecular flexibility index (Phi) is 6.20. The lowest BCUT2D eigenvalue weighted by Gasteiger charge is -2.35. The smallest absolute Gasteiger partial charge is 0.317 e. The lowest BCUT2D eigenvalue weighted by molar-refractivity contribution is -0.181. The highest BCUT2D eigenvalue weighted by Crippen LogP contribution is 2.61. The summed E-state index contributed by atoms with van der Waals surface area (Å²) < 4.78 is 4.85. The van der Waals surface area contributed by atoms with Crippen LogP contribution >= 0.6 is 0 Å². The van der Waals surface area contributed by atoms with Gasteiger partial charge in [-0.05, 0) is 36.5 Å². The molecule has 0 saturated heterocycles. The fourth-order valence-corrected chi connectivity index (χ4v) is 7.72. The van der Waals surface area contributed by atoms with Gasteiger partial charge in [0.05, 0.1) is 47.3 Å². The molecule has 0 aliphatic heterocycles. The summed E-state index contributed by atoms with van der Waals surface area (Å²) in [7, 11) is 0. The summed E-state index contributed by atoms with van der Waals surface area (Å²) in [5.41, 5.74) is 0. The monoisotopic (exact) mass is 526 g/mol. The number of ether oxygens (including phenoxy) is 1. The number of carboxylic acids is 6. The summed E-state index contributed by atoms with van der Waals surface area (Å²) in [4.78, 5) is 96.8. The maximum absolute atomic E-state index is 13.0. The van der Waals surface area contributed by atoms with Gasteiger partial charge in [-0.1, -0.05) is 0 Å². The Morgan fingerprint density at radius 3 is 0.784 bits per heavy atom. The van der Waals surface area contributed by atoms with E-state index in [0.29, 0.717) is 0 Å². The van der Waals surface area contributed by atoms with Gasteiger partial charge in [-0.15, -0.1) is 0 Å². The first-order chi connectivity index (χ1) is 17.2. The van der Waals surface area contributed by atoms with Crippen molar-refractivity contribution in [1.82, 2.24) is 0 Å². The largest absolute Gasteiger partial charge is 0.481 e. The van der Waals surface area contributed by atoms with E-state index in [9.17, 15) is 69.0 Å². The summed E-state index contributed by atoms with van der Waals surface area (Å²) in [5, 5.41) is 57.4. The predicted molar refractivity (Wildman–Crippen MR) is 108 cm³/mol. The Balaban J connectivity index is 1.62. The molecule has 0 aromatic rings. The van der Waals surface area contributed by atoms with E-state index in [1.807, 2.05) is 0 Å². The summed E-state index contributed by atoms with van der Waals surface area (Å²) in [6.45, 7) is 0. The van der Waals surface area contributed by atoms with E-state index < -0.39 is 119 Å². The molecule has 0 amide bonds. The molecule has 4 aliphatic carbocycles. The average molecular weight is 526 g/mol. The van der Waals surface area contributed by atoms with E-state index in [1.165, 1.54) is 0 Å². The minimum absolute atomic E-state index is 0.244. The molecular formula is C22H22O15. The second-order valence-electron chi connectivity index (χ2n) is 10.1. The van der Waals surface area contributed by atoms with Crippen LogP contribution in [0.5, 0.6) is 0 Å². The average Bonchev–Trinajstić information content (AvgIpc) is 3.52. The summed E-state index contributed by atoms with van der Waals surface area (Å²) in [6.07, 6.45) is -0.488. The summed E-state index contributed by atoms with van der Waals surface area (Å²) in [6, 6.07) is 0. The highest BCUT2D eigenvalue weighted by Gasteiger charge is 2.69. The third kappa shape index (κ3) is 3.71. The first-order valence-corrected chi connectivity index (χ1v) is 11.3. The molecule has 4 aliphatic rings. The van der Waals surface area contributed by atoms with Crippen molar-refractivity contribution in [2.75, 3.05) is 0 Å². The van der Waals surface area contributed by atoms with Crippen molar-refractivity contribution in [3.8, 4) is 0 Å². The number of carbonyl (C=O) groups excluding carboxylic acids is 2. The maximum atomic E-state index is 13.0. The topological polar surface area (TPSA) is 267 Å². The first kappa shape index (κ1) is 26.0. The quantitative estimate of drug-likeness (QED) is 0.160. The number of rotatable bonds is 8. The van der Waals surface area contributed by atoms with Gasteiger partial charge in [0.25, 0.3) is 0 Å². The highest BCUT2D eigenvalue weighted by atomic mass is 16.6. The molecule has 200 valence electrons. The van der Waals surface area contributed by atoms with Crippen LogP contribution in [0.2, 0.25) is 0 Å². The molecule has 4 fully saturated rings. The zero-order valence-electron chi connectivity index (χ0n) is 18.7. The molecule has 4 saturated carbocycles. The number of esters is 2. The lowest BCUT2D eigenvalue weighted by Crippen LogP contribution is -2.50. The summed E-state index contributed by atoms with van der Waals surface area (Å²) >= 11 is 0. The Hall–Kier alpha value is -4.04. The van der Waals surface area contributed by atoms with Crippen LogP contribution in [0.1, 0.15) is 12.8 Å². The van der Waals surface area contributed by atoms with Crippen molar-refractivity contribution in [2.24, 2.45) is 71.0 Å². The third-order valence-corrected chi connectivity index (χ3v) is 8.78. The second-order valence-corrected chi connectivity index (χ2v) is 10.1. The van der Waals surface area contributed by atoms with Crippen molar-refractivity contribution in [2.45, 2.75) is 12.8 Å². The molecule has 15 heteroatoms. The van der Waals surface area contributed by atoms with Crippen molar-refractivity contribution < 1.29 is 73.7 Å². The van der Waals surface area contributed by atoms with Gasteiger partial charge in [-0.25, -0.2) is 0 Å². The van der Waals surface area contributed by atoms with Crippen LogP contribution in [-0.4, -0.2) is 78.4 Å². The fourth-order valence-electron chi connectivity index (χ4n) is 7.72. The van der Waals surface area contributed by atoms with Crippen molar-refractivity contribution in [3.63, 3.8) is 0 Å². The van der Waals surface area contributed by atoms with Crippen LogP contribution in [0.3, 0.4) is 0 Å². The SMILES string of the molecule is O=C(O)C1C2CC(C1C(=O)O)C(C(=O)OC(=O)C1C3CC(C(C(=O)O)C3C(=O)O)C1C(=O)O)C2C(=O)O. The van der Waals surface area contributed by atoms with Crippen molar-refractivity contribution >= 4 is 47.8 Å². The standard InChI is InChI=1S/C22H22O15/c23-15(24)7-3-1-5(9(7)17(27)28)13(11(3)19(31)32)21(35)37-22(36)14-6-2-4(12(14)20(33)34)8(16(25)26)10(6)18(29)30/h3-14H,1-2H2,(H,23,24)(H,25,26)(H,27,28)(H,29,30)(H,31,32)(H,33,34). The molecule has 0 aromatic carbocycles. The number of fused-ring (bicyclic) bond motifs is 4. The molecule has 0 spiro atoms. The van der Waals surface area contributed by atoms with Crippen molar-refractivity contribution in [3.05, 3.63) is 0 Å². The normalized spacial score (nSPS) is 41.2. The fraction of sp³-hybridized carbons (Fsp3) is 0.636. The number of carbonyl (C=O) groups is 8. The lowest BCUT2D eigenvalue weighted by atomic mass is 9.67. The molecule has 0 heterocycles. The van der Waals surface area contributed by atoms with Gasteiger partial charge < -0.3 is 35.4 Å². The van der Waals surface area contributed by atoms with Crippen LogP contribution in [0.15, 0.2) is 0 Å². The van der Waals surface area contributed by atoms with E-state index >= 15 is 0 Å². The van der Waals surface area contributed by atoms with E-state index in [0.717, 1.165) is 0 Å². The number of carboxylic acid groups (broad SMARTS) is 6. The molecule has 0 radical (unpaired) electrons. The molecule has 4 bridgehead atoms. The summed E-state index contributed by atoms with van der Waals surface area (Å²) in [5.74, 6) is -30.7. The minimum atomic E-state index is -1.72. The molecular weight excluding hydrogens is 504 g/mol. The maximum Gasteiger partial charge on any atom is 0.317 e. The van der Waals surface area contributed by atoms with Gasteiger partial charge in [0, 0.05) is 0 Å². The molecule has 4 rings (SSSR count). The predicted octanol–water partition coefficient (Wildman–Crippen LogP) is -1.21. The van der Waals surface area contributed by atoms with Gasteiger partial charge in [-0.2, -0.15) is 0 Å². The molecule has 12 atom stereocenters. The third-order valence-electron chi connectivity index (χ3n) is 8.78. The second kappa shape index (κ2) is 8.81. The Bertz CT molecular complexity index is 1040. The molecule has 15 nitrogen and oxygen atoms in total. The Morgan fingerprint density at radius 2 is 0.568 bits per heavy atom. The van der Waals surface area contributed by atoms with Crippen LogP contribution in [-0.2, 0) is 43.1 Å². The number of aliphatic carboxylic acids is 6. The van der Waals surface area contributed by atoms with Crippen LogP contribution in [0.25, 0.3) is 0 Å². The molecule has 12 unspecified atom stereocenters. The number of hydrogen-bond donors (Lipinski definition) is 6. The minimum Gasteiger partial charge on any atom is -0.481 e. The zero-order chi connectivity index (χ0) is 27.7. The molecule has 0 aromatic heterocycles. The van der Waals surface area contributed by atoms with Crippen molar-refractivity contribution in [1.29, 1.82) is 0 Å². The van der Waals surface area contributed by atoms with E-state index in [1.54, 1.807) is 0 Å². The highest BCUT2D eigenvalue weighted by molar-refractivity contribution is 5.96. The van der Waals surface area contributed by atoms with E-state index in [4.69, 9.17) is 4.74 Å². The Labute approximate surface area is 206 Å². The Morgan fingerprint density at radius 1 is 0.378 bits per heavy atom. The van der Waals surface area contributed by atoms with Gasteiger partial charge in [-0.3, -0.25) is 38.4 Å². The van der Waals surface area contributed by atoms with E-state index in [-0.39, 0.29) is 12.8 Å². The van der Waals surface area contributed by atoms with Crippen LogP contribution in [0, 0.1) is 71.0 Å². The van der Waals surface area contributed by atoms with Gasteiger partial charge in [0.1, 0.15) is 0 Å². The molecule has 37 heavy (non-hydrogen) atoms.